The minimum atomic E-state index is -0.460. The molecule has 1 aliphatic heterocycles. The zero-order valence-corrected chi connectivity index (χ0v) is 9.95. The molecule has 1 aromatic rings. The van der Waals surface area contributed by atoms with Crippen LogP contribution in [0.5, 0.6) is 0 Å². The molecule has 3 heteroatoms. The van der Waals surface area contributed by atoms with E-state index in [1.165, 1.54) is 11.1 Å². The molecule has 0 saturated heterocycles. The average Bonchev–Trinajstić information content (AvgIpc) is 2.40. The van der Waals surface area contributed by atoms with Crippen molar-refractivity contribution >= 4 is 5.57 Å². The number of hydrogen-bond acceptors (Lipinski definition) is 2. The van der Waals surface area contributed by atoms with Gasteiger partial charge in [-0.15, -0.1) is 0 Å². The smallest absolute Gasteiger partial charge is 0.105 e. The van der Waals surface area contributed by atoms with Crippen molar-refractivity contribution in [3.05, 3.63) is 41.5 Å². The Morgan fingerprint density at radius 2 is 2.06 bits per heavy atom. The molecule has 1 aliphatic rings. The molecule has 0 fully saturated rings. The van der Waals surface area contributed by atoms with Crippen molar-refractivity contribution < 1.29 is 4.39 Å². The molecule has 0 bridgehead atoms. The van der Waals surface area contributed by atoms with Gasteiger partial charge in [-0.05, 0) is 36.1 Å². The quantitative estimate of drug-likeness (QED) is 0.835. The SMILES string of the molecule is N[C@H](CF)Cc1ccc(C2=CCNCC2)cc1. The van der Waals surface area contributed by atoms with E-state index in [0.717, 1.165) is 25.1 Å². The fraction of sp³-hybridized carbons (Fsp3) is 0.429. The zero-order chi connectivity index (χ0) is 12.1. The van der Waals surface area contributed by atoms with E-state index in [1.54, 1.807) is 0 Å². The van der Waals surface area contributed by atoms with Crippen molar-refractivity contribution in [2.75, 3.05) is 19.8 Å². The molecule has 1 aromatic carbocycles. The third-order valence-electron chi connectivity index (χ3n) is 3.08. The number of nitrogens with two attached hydrogens (primary N) is 1. The number of hydrogen-bond donors (Lipinski definition) is 2. The minimum absolute atomic E-state index is 0.376. The van der Waals surface area contributed by atoms with Crippen molar-refractivity contribution in [3.8, 4) is 0 Å². The summed E-state index contributed by atoms with van der Waals surface area (Å²) in [5.41, 5.74) is 9.36. The maximum absolute atomic E-state index is 12.3. The highest BCUT2D eigenvalue weighted by Gasteiger charge is 2.07. The maximum Gasteiger partial charge on any atom is 0.105 e. The third kappa shape index (κ3) is 3.38. The van der Waals surface area contributed by atoms with E-state index in [-0.39, 0.29) is 6.04 Å². The Kier molecular flexibility index (Phi) is 4.29. The van der Waals surface area contributed by atoms with Crippen LogP contribution < -0.4 is 11.1 Å². The summed E-state index contributed by atoms with van der Waals surface area (Å²) in [4.78, 5) is 0. The summed E-state index contributed by atoms with van der Waals surface area (Å²) in [7, 11) is 0. The lowest BCUT2D eigenvalue weighted by molar-refractivity contribution is 0.427. The summed E-state index contributed by atoms with van der Waals surface area (Å²) < 4.78 is 12.3. The first-order valence-corrected chi connectivity index (χ1v) is 6.10. The summed E-state index contributed by atoms with van der Waals surface area (Å²) in [6, 6.07) is 7.94. The second-order valence-corrected chi connectivity index (χ2v) is 4.50. The lowest BCUT2D eigenvalue weighted by Gasteiger charge is -2.15. The number of benzene rings is 1. The largest absolute Gasteiger partial charge is 0.325 e. The average molecular weight is 234 g/mol. The molecule has 2 nitrogen and oxygen atoms in total. The second-order valence-electron chi connectivity index (χ2n) is 4.50. The van der Waals surface area contributed by atoms with Crippen molar-refractivity contribution in [2.45, 2.75) is 18.9 Å². The van der Waals surface area contributed by atoms with Crippen LogP contribution in [0.25, 0.3) is 5.57 Å². The number of halogens is 1. The van der Waals surface area contributed by atoms with E-state index in [1.807, 2.05) is 12.1 Å². The molecule has 92 valence electrons. The van der Waals surface area contributed by atoms with Gasteiger partial charge in [0.2, 0.25) is 0 Å². The summed E-state index contributed by atoms with van der Waals surface area (Å²) >= 11 is 0. The van der Waals surface area contributed by atoms with Gasteiger partial charge in [0.1, 0.15) is 6.67 Å². The van der Waals surface area contributed by atoms with Crippen molar-refractivity contribution in [2.24, 2.45) is 5.73 Å². The molecule has 0 unspecified atom stereocenters. The Balaban J connectivity index is 2.04. The van der Waals surface area contributed by atoms with E-state index in [0.29, 0.717) is 6.42 Å². The van der Waals surface area contributed by atoms with Crippen LogP contribution in [0.4, 0.5) is 4.39 Å². The van der Waals surface area contributed by atoms with Crippen LogP contribution in [0.2, 0.25) is 0 Å². The summed E-state index contributed by atoms with van der Waals surface area (Å²) in [5.74, 6) is 0. The predicted octanol–water partition coefficient (Wildman–Crippen LogP) is 1.90. The van der Waals surface area contributed by atoms with Gasteiger partial charge >= 0.3 is 0 Å². The van der Waals surface area contributed by atoms with Gasteiger partial charge in [-0.3, -0.25) is 0 Å². The molecule has 0 amide bonds. The normalized spacial score (nSPS) is 17.6. The fourth-order valence-electron chi connectivity index (χ4n) is 2.10. The Hall–Kier alpha value is -1.19. The van der Waals surface area contributed by atoms with Crippen LogP contribution in [0.15, 0.2) is 30.3 Å². The summed E-state index contributed by atoms with van der Waals surface area (Å²) in [6.45, 7) is 1.53. The molecule has 0 aromatic heterocycles. The Morgan fingerprint density at radius 1 is 1.29 bits per heavy atom. The molecule has 0 aliphatic carbocycles. The lowest BCUT2D eigenvalue weighted by atomic mass is 9.98. The van der Waals surface area contributed by atoms with E-state index >= 15 is 0 Å². The van der Waals surface area contributed by atoms with E-state index < -0.39 is 6.67 Å². The van der Waals surface area contributed by atoms with Gasteiger partial charge in [0, 0.05) is 12.6 Å². The first-order valence-electron chi connectivity index (χ1n) is 6.10. The van der Waals surface area contributed by atoms with Crippen LogP contribution >= 0.6 is 0 Å². The molecule has 17 heavy (non-hydrogen) atoms. The highest BCUT2D eigenvalue weighted by atomic mass is 19.1. The number of alkyl halides is 1. The Morgan fingerprint density at radius 3 is 2.65 bits per heavy atom. The fourth-order valence-corrected chi connectivity index (χ4v) is 2.10. The van der Waals surface area contributed by atoms with Gasteiger partial charge in [-0.25, -0.2) is 4.39 Å². The first-order chi connectivity index (χ1) is 8.29. The molecular formula is C14H19FN2. The lowest BCUT2D eigenvalue weighted by Crippen LogP contribution is -2.24. The van der Waals surface area contributed by atoms with Crippen molar-refractivity contribution in [1.82, 2.24) is 5.32 Å². The van der Waals surface area contributed by atoms with Gasteiger partial charge < -0.3 is 11.1 Å². The zero-order valence-electron chi connectivity index (χ0n) is 9.95. The topological polar surface area (TPSA) is 38.0 Å². The van der Waals surface area contributed by atoms with Crippen LogP contribution in [0.1, 0.15) is 17.5 Å². The second kappa shape index (κ2) is 5.94. The number of nitrogens with one attached hydrogen (secondary N) is 1. The van der Waals surface area contributed by atoms with E-state index in [2.05, 4.69) is 23.5 Å². The molecule has 0 radical (unpaired) electrons. The van der Waals surface area contributed by atoms with Gasteiger partial charge in [0.05, 0.1) is 0 Å². The van der Waals surface area contributed by atoms with Crippen LogP contribution in [-0.4, -0.2) is 25.8 Å². The monoisotopic (exact) mass is 234 g/mol. The molecular weight excluding hydrogens is 215 g/mol. The Bertz CT molecular complexity index is 384. The summed E-state index contributed by atoms with van der Waals surface area (Å²) in [5, 5.41) is 3.29. The van der Waals surface area contributed by atoms with Crippen LogP contribution in [0.3, 0.4) is 0 Å². The maximum atomic E-state index is 12.3. The molecule has 0 saturated carbocycles. The molecule has 3 N–H and O–H groups in total. The highest BCUT2D eigenvalue weighted by Crippen LogP contribution is 2.20. The van der Waals surface area contributed by atoms with E-state index in [9.17, 15) is 4.39 Å². The van der Waals surface area contributed by atoms with E-state index in [4.69, 9.17) is 5.73 Å². The van der Waals surface area contributed by atoms with Gasteiger partial charge in [0.25, 0.3) is 0 Å². The van der Waals surface area contributed by atoms with Crippen molar-refractivity contribution in [1.29, 1.82) is 0 Å². The van der Waals surface area contributed by atoms with Gasteiger partial charge in [-0.2, -0.15) is 0 Å². The highest BCUT2D eigenvalue weighted by molar-refractivity contribution is 5.66. The minimum Gasteiger partial charge on any atom is -0.325 e. The predicted molar refractivity (Wildman–Crippen MR) is 69.6 cm³/mol. The Labute approximate surface area is 102 Å². The molecule has 2 rings (SSSR count). The number of rotatable bonds is 4. The molecule has 0 spiro atoms. The summed E-state index contributed by atoms with van der Waals surface area (Å²) in [6.07, 6.45) is 3.91. The standard InChI is InChI=1S/C14H19FN2/c15-10-14(16)9-11-1-3-12(4-2-11)13-5-7-17-8-6-13/h1-5,14,17H,6-10,16H2/t14-/m0/s1. The van der Waals surface area contributed by atoms with Gasteiger partial charge in [-0.1, -0.05) is 30.3 Å². The van der Waals surface area contributed by atoms with Crippen LogP contribution in [0, 0.1) is 0 Å². The van der Waals surface area contributed by atoms with Crippen LogP contribution in [-0.2, 0) is 6.42 Å². The van der Waals surface area contributed by atoms with Gasteiger partial charge in [0.15, 0.2) is 0 Å². The van der Waals surface area contributed by atoms with Crippen molar-refractivity contribution in [3.63, 3.8) is 0 Å². The third-order valence-corrected chi connectivity index (χ3v) is 3.08. The molecule has 1 heterocycles. The first kappa shape index (κ1) is 12.3. The molecule has 1 atom stereocenters.